The average molecular weight is 323 g/mol. The molecule has 0 aromatic heterocycles. The molecular formula is C14H15BrN2O2. The number of hydrogen-bond donors (Lipinski definition) is 1. The summed E-state index contributed by atoms with van der Waals surface area (Å²) in [6.07, 6.45) is 1.99. The molecule has 0 heterocycles. The second-order valence-electron chi connectivity index (χ2n) is 4.86. The van der Waals surface area contributed by atoms with Crippen molar-refractivity contribution in [1.29, 1.82) is 5.26 Å². The third kappa shape index (κ3) is 3.48. The SMILES string of the molecule is C[C@@](C#N)(NC(=O)COc1ccccc1Br)C1CC1. The predicted molar refractivity (Wildman–Crippen MR) is 74.5 cm³/mol. The van der Waals surface area contributed by atoms with Crippen molar-refractivity contribution in [1.82, 2.24) is 5.32 Å². The molecule has 100 valence electrons. The number of benzene rings is 1. The average Bonchev–Trinajstić information content (AvgIpc) is 3.22. The van der Waals surface area contributed by atoms with Crippen LogP contribution in [0.15, 0.2) is 28.7 Å². The molecule has 0 bridgehead atoms. The summed E-state index contributed by atoms with van der Waals surface area (Å²) in [6.45, 7) is 1.67. The molecule has 1 atom stereocenters. The minimum Gasteiger partial charge on any atom is -0.483 e. The molecule has 4 nitrogen and oxygen atoms in total. The van der Waals surface area contributed by atoms with E-state index in [1.54, 1.807) is 13.0 Å². The minimum absolute atomic E-state index is 0.0907. The number of amides is 1. The first-order chi connectivity index (χ1) is 9.05. The Balaban J connectivity index is 1.88. The Labute approximate surface area is 120 Å². The van der Waals surface area contributed by atoms with Crippen LogP contribution in [0.25, 0.3) is 0 Å². The van der Waals surface area contributed by atoms with E-state index in [0.717, 1.165) is 17.3 Å². The van der Waals surface area contributed by atoms with Gasteiger partial charge in [0.05, 0.1) is 10.5 Å². The molecule has 0 unspecified atom stereocenters. The van der Waals surface area contributed by atoms with Crippen LogP contribution < -0.4 is 10.1 Å². The van der Waals surface area contributed by atoms with Crippen molar-refractivity contribution in [2.24, 2.45) is 5.92 Å². The van der Waals surface area contributed by atoms with Gasteiger partial charge in [0, 0.05) is 0 Å². The zero-order valence-electron chi connectivity index (χ0n) is 10.6. The maximum Gasteiger partial charge on any atom is 0.259 e. The van der Waals surface area contributed by atoms with Gasteiger partial charge < -0.3 is 10.1 Å². The predicted octanol–water partition coefficient (Wildman–Crippen LogP) is 2.64. The van der Waals surface area contributed by atoms with E-state index < -0.39 is 5.54 Å². The molecule has 0 spiro atoms. The van der Waals surface area contributed by atoms with Crippen molar-refractivity contribution in [3.8, 4) is 11.8 Å². The van der Waals surface area contributed by atoms with Crippen molar-refractivity contribution < 1.29 is 9.53 Å². The van der Waals surface area contributed by atoms with Crippen molar-refractivity contribution in [2.75, 3.05) is 6.61 Å². The van der Waals surface area contributed by atoms with Gasteiger partial charge in [0.15, 0.2) is 6.61 Å². The number of nitrogens with one attached hydrogen (secondary N) is 1. The van der Waals surface area contributed by atoms with E-state index in [-0.39, 0.29) is 18.4 Å². The second kappa shape index (κ2) is 5.62. The Morgan fingerprint density at radius 3 is 2.84 bits per heavy atom. The summed E-state index contributed by atoms with van der Waals surface area (Å²) in [4.78, 5) is 11.8. The number of rotatable bonds is 5. The molecule has 1 N–H and O–H groups in total. The highest BCUT2D eigenvalue weighted by Gasteiger charge is 2.43. The van der Waals surface area contributed by atoms with Gasteiger partial charge in [0.1, 0.15) is 11.3 Å². The molecule has 1 aliphatic rings. The third-order valence-corrected chi connectivity index (χ3v) is 3.88. The van der Waals surface area contributed by atoms with E-state index in [0.29, 0.717) is 5.75 Å². The van der Waals surface area contributed by atoms with Gasteiger partial charge in [-0.1, -0.05) is 12.1 Å². The van der Waals surface area contributed by atoms with Gasteiger partial charge in [-0.05, 0) is 53.7 Å². The minimum atomic E-state index is -0.769. The summed E-state index contributed by atoms with van der Waals surface area (Å²) >= 11 is 3.35. The van der Waals surface area contributed by atoms with Gasteiger partial charge in [-0.3, -0.25) is 4.79 Å². The fraction of sp³-hybridized carbons (Fsp3) is 0.429. The molecule has 0 radical (unpaired) electrons. The van der Waals surface area contributed by atoms with E-state index in [2.05, 4.69) is 27.3 Å². The van der Waals surface area contributed by atoms with Gasteiger partial charge in [0.25, 0.3) is 5.91 Å². The molecule has 1 aliphatic carbocycles. The molecule has 0 saturated heterocycles. The van der Waals surface area contributed by atoms with Crippen LogP contribution in [0.3, 0.4) is 0 Å². The van der Waals surface area contributed by atoms with E-state index in [4.69, 9.17) is 10.00 Å². The second-order valence-corrected chi connectivity index (χ2v) is 5.71. The highest BCUT2D eigenvalue weighted by molar-refractivity contribution is 9.10. The lowest BCUT2D eigenvalue weighted by Gasteiger charge is -2.22. The Morgan fingerprint density at radius 1 is 1.58 bits per heavy atom. The number of nitriles is 1. The van der Waals surface area contributed by atoms with Crippen LogP contribution in [-0.2, 0) is 4.79 Å². The monoisotopic (exact) mass is 322 g/mol. The van der Waals surface area contributed by atoms with E-state index in [1.165, 1.54) is 0 Å². The zero-order valence-corrected chi connectivity index (χ0v) is 12.2. The van der Waals surface area contributed by atoms with Crippen LogP contribution in [0.4, 0.5) is 0 Å². The fourth-order valence-electron chi connectivity index (χ4n) is 1.91. The molecule has 1 amide bonds. The standard InChI is InChI=1S/C14H15BrN2O2/c1-14(9-16,10-6-7-10)17-13(18)8-19-12-5-3-2-4-11(12)15/h2-5,10H,6-8H2,1H3,(H,17,18)/t14-/m0/s1. The topological polar surface area (TPSA) is 62.1 Å². The summed E-state index contributed by atoms with van der Waals surface area (Å²) < 4.78 is 6.22. The van der Waals surface area contributed by atoms with Crippen LogP contribution in [0.1, 0.15) is 19.8 Å². The quantitative estimate of drug-likeness (QED) is 0.906. The first-order valence-electron chi connectivity index (χ1n) is 6.15. The van der Waals surface area contributed by atoms with Crippen LogP contribution in [-0.4, -0.2) is 18.1 Å². The third-order valence-electron chi connectivity index (χ3n) is 3.22. The van der Waals surface area contributed by atoms with Gasteiger partial charge in [-0.2, -0.15) is 5.26 Å². The number of nitrogens with zero attached hydrogens (tertiary/aromatic N) is 1. The summed E-state index contributed by atoms with van der Waals surface area (Å²) in [5.41, 5.74) is -0.769. The molecule has 19 heavy (non-hydrogen) atoms. The normalized spacial score (nSPS) is 17.1. The van der Waals surface area contributed by atoms with Crippen molar-refractivity contribution in [3.63, 3.8) is 0 Å². The molecule has 0 aliphatic heterocycles. The summed E-state index contributed by atoms with van der Waals surface area (Å²) in [5, 5.41) is 11.9. The maximum absolute atomic E-state index is 11.8. The first kappa shape index (κ1) is 13.9. The zero-order chi connectivity index (χ0) is 13.9. The fourth-order valence-corrected chi connectivity index (χ4v) is 2.31. The molecule has 1 fully saturated rings. The van der Waals surface area contributed by atoms with Gasteiger partial charge in [0.2, 0.25) is 0 Å². The molecule has 1 saturated carbocycles. The number of hydrogen-bond acceptors (Lipinski definition) is 3. The number of carbonyl (C=O) groups is 1. The van der Waals surface area contributed by atoms with Crippen LogP contribution in [0, 0.1) is 17.2 Å². The smallest absolute Gasteiger partial charge is 0.259 e. The Bertz CT molecular complexity index is 522. The van der Waals surface area contributed by atoms with Crippen LogP contribution >= 0.6 is 15.9 Å². The van der Waals surface area contributed by atoms with E-state index >= 15 is 0 Å². The summed E-state index contributed by atoms with van der Waals surface area (Å²) in [6, 6.07) is 9.51. The van der Waals surface area contributed by atoms with E-state index in [9.17, 15) is 4.79 Å². The maximum atomic E-state index is 11.8. The highest BCUT2D eigenvalue weighted by Crippen LogP contribution is 2.39. The number of carbonyl (C=O) groups excluding carboxylic acids is 1. The highest BCUT2D eigenvalue weighted by atomic mass is 79.9. The lowest BCUT2D eigenvalue weighted by Crippen LogP contribution is -2.48. The largest absolute Gasteiger partial charge is 0.483 e. The molecular weight excluding hydrogens is 308 g/mol. The van der Waals surface area contributed by atoms with E-state index in [1.807, 2.05) is 18.2 Å². The van der Waals surface area contributed by atoms with Crippen LogP contribution in [0.5, 0.6) is 5.75 Å². The Hall–Kier alpha value is -1.54. The van der Waals surface area contributed by atoms with Crippen molar-refractivity contribution >= 4 is 21.8 Å². The number of para-hydroxylation sites is 1. The summed E-state index contributed by atoms with van der Waals surface area (Å²) in [5.74, 6) is 0.611. The Kier molecular flexibility index (Phi) is 4.11. The van der Waals surface area contributed by atoms with Gasteiger partial charge >= 0.3 is 0 Å². The lowest BCUT2D eigenvalue weighted by atomic mass is 9.98. The van der Waals surface area contributed by atoms with Crippen molar-refractivity contribution in [2.45, 2.75) is 25.3 Å². The Morgan fingerprint density at radius 2 is 2.26 bits per heavy atom. The first-order valence-corrected chi connectivity index (χ1v) is 6.94. The molecule has 2 rings (SSSR count). The molecule has 5 heteroatoms. The van der Waals surface area contributed by atoms with Gasteiger partial charge in [-0.15, -0.1) is 0 Å². The summed E-state index contributed by atoms with van der Waals surface area (Å²) in [7, 11) is 0. The number of halogens is 1. The van der Waals surface area contributed by atoms with Gasteiger partial charge in [-0.25, -0.2) is 0 Å². The van der Waals surface area contributed by atoms with Crippen molar-refractivity contribution in [3.05, 3.63) is 28.7 Å². The van der Waals surface area contributed by atoms with Crippen LogP contribution in [0.2, 0.25) is 0 Å². The molecule has 1 aromatic rings. The molecule has 1 aromatic carbocycles. The lowest BCUT2D eigenvalue weighted by molar-refractivity contribution is -0.124. The number of ether oxygens (including phenoxy) is 1.